The maximum absolute atomic E-state index is 14.0. The van der Waals surface area contributed by atoms with E-state index in [4.69, 9.17) is 9.47 Å². The molecule has 6 fully saturated rings. The number of aromatic amines is 1. The highest BCUT2D eigenvalue weighted by Gasteiger charge is 2.50. The molecule has 11 rings (SSSR count). The molecular weight excluding hydrogens is 907 g/mol. The zero-order valence-electron chi connectivity index (χ0n) is 37.9. The molecule has 7 heterocycles. The SMILES string of the molecule is O=C(NS(=O)(=O)c1cnc(NCC2CCC(N=S3(=O)CCC3)CO2)c([N+](=O)[O-])c1)c1ccc(N2CCC3(CC2)CC(N2CCC[C@H]2c2ccccc2C2CC2)C3)cc1Oc1cnc2[nH]ccc2c1. The third-order valence-electron chi connectivity index (χ3n) is 15.2. The number of carbonyl (C=O) groups excluding carboxylic acids is 1. The third kappa shape index (κ3) is 9.17. The first-order valence-electron chi connectivity index (χ1n) is 24.0. The molecule has 2 saturated carbocycles. The fourth-order valence-corrected chi connectivity index (χ4v) is 13.8. The van der Waals surface area contributed by atoms with Gasteiger partial charge in [-0.1, -0.05) is 24.3 Å². The Balaban J connectivity index is 0.763. The number of sulfonamides is 1. The Labute approximate surface area is 396 Å². The second kappa shape index (κ2) is 18.0. The number of likely N-dealkylation sites (tertiary alicyclic amines) is 1. The predicted molar refractivity (Wildman–Crippen MR) is 258 cm³/mol. The number of aromatic nitrogens is 3. The topological polar surface area (TPSA) is 214 Å². The van der Waals surface area contributed by atoms with Crippen molar-refractivity contribution in [1.82, 2.24) is 24.6 Å². The number of H-pyrrole nitrogens is 1. The number of amides is 1. The van der Waals surface area contributed by atoms with Gasteiger partial charge in [0.2, 0.25) is 5.82 Å². The van der Waals surface area contributed by atoms with Crippen LogP contribution in [0.15, 0.2) is 88.5 Å². The Morgan fingerprint density at radius 3 is 2.51 bits per heavy atom. The molecular formula is C49H57N9O8S2. The van der Waals surface area contributed by atoms with Crippen molar-refractivity contribution >= 4 is 53.9 Å². The van der Waals surface area contributed by atoms with E-state index < -0.39 is 41.2 Å². The molecule has 3 atom stereocenters. The lowest BCUT2D eigenvalue weighted by Crippen LogP contribution is -2.54. The number of pyridine rings is 2. The number of hydrogen-bond acceptors (Lipinski definition) is 14. The van der Waals surface area contributed by atoms with Crippen molar-refractivity contribution in [3.8, 4) is 11.5 Å². The number of rotatable bonds is 14. The quantitative estimate of drug-likeness (QED) is 0.0710. The van der Waals surface area contributed by atoms with Crippen LogP contribution >= 0.6 is 0 Å². The van der Waals surface area contributed by atoms with E-state index in [2.05, 4.69) is 63.4 Å². The predicted octanol–water partition coefficient (Wildman–Crippen LogP) is 8.07. The number of anilines is 2. The summed E-state index contributed by atoms with van der Waals surface area (Å²) in [5.41, 5.74) is 4.30. The lowest BCUT2D eigenvalue weighted by molar-refractivity contribution is -0.384. The number of hydrogen-bond donors (Lipinski definition) is 3. The Bertz CT molecular complexity index is 2970. The average molecular weight is 964 g/mol. The van der Waals surface area contributed by atoms with Crippen molar-refractivity contribution in [3.05, 3.63) is 106 Å². The van der Waals surface area contributed by atoms with E-state index in [-0.39, 0.29) is 35.8 Å². The summed E-state index contributed by atoms with van der Waals surface area (Å²) in [7, 11) is -6.76. The second-order valence-electron chi connectivity index (χ2n) is 19.7. The maximum Gasteiger partial charge on any atom is 0.312 e. The van der Waals surface area contributed by atoms with Gasteiger partial charge in [-0.15, -0.1) is 0 Å². The monoisotopic (exact) mass is 963 g/mol. The first-order chi connectivity index (χ1) is 32.9. The molecule has 1 spiro atoms. The molecule has 358 valence electrons. The number of piperidine rings is 1. The van der Waals surface area contributed by atoms with Crippen LogP contribution in [0.2, 0.25) is 0 Å². The highest BCUT2D eigenvalue weighted by molar-refractivity contribution is 7.94. The summed E-state index contributed by atoms with van der Waals surface area (Å²) in [5, 5.41) is 15.9. The summed E-state index contributed by atoms with van der Waals surface area (Å²) in [6.45, 7) is 3.32. The summed E-state index contributed by atoms with van der Waals surface area (Å²) < 4.78 is 58.9. The standard InChI is InChI=1S/C49H57N9O8S2/c59-48(55-68(63,64)39-25-44(58(60)61)47(53-30-39)52-28-37-12-10-34(31-65-37)54-67(62)21-4-22-67)42-13-11-35(24-45(42)66-38-23-33-14-17-50-46(33)51-29-38)56-19-15-49(16-20-56)26-36(27-49)57-18-3-7-43(57)41-6-2-1-5-40(41)32-8-9-32/h1-2,5-6,11,13-14,17,23-25,29-30,32,34,36-37,43H,3-4,7-10,12,15-16,18-22,26-28,31H2,(H,50,51)(H,52,53)(H,55,59)/t34?,37?,43-/m0/s1. The van der Waals surface area contributed by atoms with Gasteiger partial charge in [-0.3, -0.25) is 19.8 Å². The van der Waals surface area contributed by atoms with Gasteiger partial charge in [0.1, 0.15) is 22.0 Å². The fraction of sp³-hybridized carbons (Fsp3) is 0.490. The van der Waals surface area contributed by atoms with Gasteiger partial charge in [-0.2, -0.15) is 0 Å². The van der Waals surface area contributed by atoms with Crippen molar-refractivity contribution in [3.63, 3.8) is 0 Å². The Morgan fingerprint density at radius 2 is 1.78 bits per heavy atom. The van der Waals surface area contributed by atoms with Gasteiger partial charge in [-0.05, 0) is 124 Å². The average Bonchev–Trinajstić information content (AvgIpc) is 3.87. The number of nitrogens with zero attached hydrogens (tertiary/aromatic N) is 6. The smallest absolute Gasteiger partial charge is 0.312 e. The molecule has 2 unspecified atom stereocenters. The van der Waals surface area contributed by atoms with Gasteiger partial charge in [0.25, 0.3) is 15.9 Å². The van der Waals surface area contributed by atoms with Crippen LogP contribution in [0.25, 0.3) is 11.0 Å². The van der Waals surface area contributed by atoms with E-state index in [1.54, 1.807) is 35.5 Å². The Hall–Kier alpha value is -5.63. The largest absolute Gasteiger partial charge is 0.455 e. The van der Waals surface area contributed by atoms with Gasteiger partial charge in [0, 0.05) is 82.4 Å². The molecule has 4 saturated heterocycles. The second-order valence-corrected chi connectivity index (χ2v) is 23.9. The zero-order chi connectivity index (χ0) is 46.6. The summed E-state index contributed by atoms with van der Waals surface area (Å²) in [4.78, 5) is 41.6. The number of ether oxygens (including phenoxy) is 2. The van der Waals surface area contributed by atoms with Crippen LogP contribution in [0.4, 0.5) is 17.2 Å². The van der Waals surface area contributed by atoms with Crippen LogP contribution in [0.5, 0.6) is 11.5 Å². The van der Waals surface area contributed by atoms with E-state index >= 15 is 0 Å². The summed E-state index contributed by atoms with van der Waals surface area (Å²) in [6.07, 6.45) is 15.8. The fourth-order valence-electron chi connectivity index (χ4n) is 11.2. The molecule has 2 aliphatic carbocycles. The van der Waals surface area contributed by atoms with Gasteiger partial charge in [0.15, 0.2) is 0 Å². The van der Waals surface area contributed by atoms with Gasteiger partial charge < -0.3 is 24.7 Å². The van der Waals surface area contributed by atoms with Crippen molar-refractivity contribution in [2.45, 2.75) is 106 Å². The molecule has 6 aliphatic rings. The minimum atomic E-state index is -4.66. The lowest BCUT2D eigenvalue weighted by atomic mass is 9.59. The molecule has 19 heteroatoms. The first-order valence-corrected chi connectivity index (χ1v) is 27.4. The number of nitro groups is 1. The Morgan fingerprint density at radius 1 is 0.971 bits per heavy atom. The maximum atomic E-state index is 14.0. The molecule has 2 aromatic carbocycles. The molecule has 5 aromatic rings. The van der Waals surface area contributed by atoms with Crippen molar-refractivity contribution in [2.75, 3.05) is 54.5 Å². The van der Waals surface area contributed by atoms with Crippen molar-refractivity contribution in [2.24, 2.45) is 9.78 Å². The molecule has 1 amide bonds. The minimum absolute atomic E-state index is 0.0481. The molecule has 3 aromatic heterocycles. The zero-order valence-corrected chi connectivity index (χ0v) is 39.5. The highest BCUT2D eigenvalue weighted by atomic mass is 32.2. The first kappa shape index (κ1) is 44.9. The molecule has 0 radical (unpaired) electrons. The van der Waals surface area contributed by atoms with Gasteiger partial charge in [-0.25, -0.2) is 31.7 Å². The number of benzene rings is 2. The summed E-state index contributed by atoms with van der Waals surface area (Å²) in [5.74, 6) is 1.36. The highest BCUT2D eigenvalue weighted by Crippen LogP contribution is 2.55. The number of fused-ring (bicyclic) bond motifs is 1. The van der Waals surface area contributed by atoms with Crippen LogP contribution in [0.3, 0.4) is 0 Å². The van der Waals surface area contributed by atoms with Crippen LogP contribution in [0.1, 0.15) is 104 Å². The molecule has 17 nitrogen and oxygen atoms in total. The van der Waals surface area contributed by atoms with E-state index in [1.165, 1.54) is 44.7 Å². The normalized spacial score (nSPS) is 23.7. The summed E-state index contributed by atoms with van der Waals surface area (Å²) in [6, 6.07) is 19.7. The minimum Gasteiger partial charge on any atom is -0.455 e. The van der Waals surface area contributed by atoms with Crippen molar-refractivity contribution in [1.29, 1.82) is 0 Å². The molecule has 3 N–H and O–H groups in total. The van der Waals surface area contributed by atoms with Crippen LogP contribution in [-0.2, 0) is 24.5 Å². The summed E-state index contributed by atoms with van der Waals surface area (Å²) >= 11 is 0. The molecule has 0 bridgehead atoms. The van der Waals surface area contributed by atoms with Gasteiger partial charge >= 0.3 is 5.69 Å². The van der Waals surface area contributed by atoms with E-state index in [9.17, 15) is 27.5 Å². The number of carbonyl (C=O) groups is 1. The number of nitrogens with one attached hydrogen (secondary N) is 3. The van der Waals surface area contributed by atoms with E-state index in [0.29, 0.717) is 59.8 Å². The Kier molecular flexibility index (Phi) is 11.9. The molecule has 68 heavy (non-hydrogen) atoms. The van der Waals surface area contributed by atoms with E-state index in [0.717, 1.165) is 68.2 Å². The lowest BCUT2D eigenvalue weighted by Gasteiger charge is -2.56. The van der Waals surface area contributed by atoms with Crippen LogP contribution in [0, 0.1) is 15.5 Å². The van der Waals surface area contributed by atoms with Crippen LogP contribution in [-0.4, -0.2) is 106 Å². The van der Waals surface area contributed by atoms with Crippen molar-refractivity contribution < 1.29 is 31.8 Å². The molecule has 4 aliphatic heterocycles. The van der Waals surface area contributed by atoms with Gasteiger partial charge in [0.05, 0.1) is 41.6 Å². The van der Waals surface area contributed by atoms with E-state index in [1.807, 2.05) is 12.1 Å². The third-order valence-corrected chi connectivity index (χ3v) is 19.0. The van der Waals surface area contributed by atoms with Crippen LogP contribution < -0.4 is 19.7 Å².